The first-order valence-corrected chi connectivity index (χ1v) is 5.13. The van der Waals surface area contributed by atoms with Gasteiger partial charge in [0.2, 0.25) is 0 Å². The molecule has 2 nitrogen and oxygen atoms in total. The molecule has 0 aromatic carbocycles. The lowest BCUT2D eigenvalue weighted by molar-refractivity contribution is -0.120. The van der Waals surface area contributed by atoms with Gasteiger partial charge < -0.3 is 4.90 Å². The fourth-order valence-electron chi connectivity index (χ4n) is 1.28. The van der Waals surface area contributed by atoms with E-state index in [1.807, 2.05) is 0 Å². The molecule has 1 heterocycles. The maximum atomic E-state index is 12.3. The minimum Gasteiger partial charge on any atom is -0.345 e. The van der Waals surface area contributed by atoms with E-state index < -0.39 is 12.7 Å². The number of hydrogen-bond donors (Lipinski definition) is 0. The third-order valence-corrected chi connectivity index (χ3v) is 2.18. The van der Waals surface area contributed by atoms with Crippen molar-refractivity contribution in [2.45, 2.75) is 26.1 Å². The molecule has 1 aromatic heterocycles. The van der Waals surface area contributed by atoms with E-state index in [1.165, 1.54) is 12.1 Å². The van der Waals surface area contributed by atoms with E-state index in [2.05, 4.69) is 4.98 Å². The summed E-state index contributed by atoms with van der Waals surface area (Å²) in [5, 5.41) is 0.185. The van der Waals surface area contributed by atoms with Crippen molar-refractivity contribution in [2.75, 3.05) is 11.4 Å². The second-order valence-corrected chi connectivity index (χ2v) is 4.04. The molecule has 6 heteroatoms. The zero-order valence-electron chi connectivity index (χ0n) is 8.92. The molecule has 0 amide bonds. The SMILES string of the molecule is CC(C)N(CC(F)(F)F)c1cccc(Cl)n1. The summed E-state index contributed by atoms with van der Waals surface area (Å²) in [6.45, 7) is 2.32. The first kappa shape index (κ1) is 13.1. The number of halogens is 4. The second-order valence-electron chi connectivity index (χ2n) is 3.66. The van der Waals surface area contributed by atoms with Gasteiger partial charge in [-0.05, 0) is 26.0 Å². The molecular formula is C10H12ClF3N2. The van der Waals surface area contributed by atoms with Crippen molar-refractivity contribution in [3.8, 4) is 0 Å². The van der Waals surface area contributed by atoms with Crippen LogP contribution >= 0.6 is 11.6 Å². The van der Waals surface area contributed by atoms with Crippen LogP contribution in [0, 0.1) is 0 Å². The van der Waals surface area contributed by atoms with Gasteiger partial charge >= 0.3 is 6.18 Å². The Bertz CT molecular complexity index is 352. The maximum absolute atomic E-state index is 12.3. The molecule has 0 aliphatic heterocycles. The largest absolute Gasteiger partial charge is 0.405 e. The van der Waals surface area contributed by atoms with Gasteiger partial charge in [0.15, 0.2) is 0 Å². The Labute approximate surface area is 97.0 Å². The number of hydrogen-bond acceptors (Lipinski definition) is 2. The molecule has 0 N–H and O–H groups in total. The molecule has 0 bridgehead atoms. The Morgan fingerprint density at radius 3 is 2.44 bits per heavy atom. The minimum absolute atomic E-state index is 0.185. The smallest absolute Gasteiger partial charge is 0.345 e. The molecular weight excluding hydrogens is 241 g/mol. The van der Waals surface area contributed by atoms with Crippen LogP contribution in [-0.2, 0) is 0 Å². The molecule has 1 rings (SSSR count). The van der Waals surface area contributed by atoms with Gasteiger partial charge in [0.25, 0.3) is 0 Å². The molecule has 0 saturated heterocycles. The Hall–Kier alpha value is -0.970. The van der Waals surface area contributed by atoms with Gasteiger partial charge in [-0.25, -0.2) is 4.98 Å². The predicted octanol–water partition coefficient (Wildman–Crippen LogP) is 3.51. The fourth-order valence-corrected chi connectivity index (χ4v) is 1.44. The van der Waals surface area contributed by atoms with E-state index >= 15 is 0 Å². The quantitative estimate of drug-likeness (QED) is 0.766. The summed E-state index contributed by atoms with van der Waals surface area (Å²) in [6.07, 6.45) is -4.26. The highest BCUT2D eigenvalue weighted by Gasteiger charge is 2.32. The van der Waals surface area contributed by atoms with Crippen molar-refractivity contribution in [2.24, 2.45) is 0 Å². The first-order valence-electron chi connectivity index (χ1n) is 4.75. The lowest BCUT2D eigenvalue weighted by Gasteiger charge is -2.28. The van der Waals surface area contributed by atoms with Crippen LogP contribution in [0.3, 0.4) is 0 Å². The number of rotatable bonds is 3. The predicted molar refractivity (Wildman–Crippen MR) is 57.8 cm³/mol. The normalized spacial score (nSPS) is 11.9. The zero-order valence-corrected chi connectivity index (χ0v) is 9.68. The van der Waals surface area contributed by atoms with Crippen molar-refractivity contribution in [3.63, 3.8) is 0 Å². The average molecular weight is 253 g/mol. The van der Waals surface area contributed by atoms with Crippen molar-refractivity contribution in [1.82, 2.24) is 4.98 Å². The highest BCUT2D eigenvalue weighted by molar-refractivity contribution is 6.29. The van der Waals surface area contributed by atoms with Crippen LogP contribution < -0.4 is 4.90 Å². The molecule has 90 valence electrons. The average Bonchev–Trinajstić information content (AvgIpc) is 2.12. The standard InChI is InChI=1S/C10H12ClF3N2/c1-7(2)16(6-10(12,13)14)9-5-3-4-8(11)15-9/h3-5,7H,6H2,1-2H3. The number of anilines is 1. The molecule has 0 unspecified atom stereocenters. The van der Waals surface area contributed by atoms with E-state index in [-0.39, 0.29) is 17.0 Å². The Morgan fingerprint density at radius 1 is 1.38 bits per heavy atom. The van der Waals surface area contributed by atoms with Gasteiger partial charge in [-0.2, -0.15) is 13.2 Å². The van der Waals surface area contributed by atoms with E-state index in [0.717, 1.165) is 4.90 Å². The zero-order chi connectivity index (χ0) is 12.3. The lowest BCUT2D eigenvalue weighted by Crippen LogP contribution is -2.39. The molecule has 1 aromatic rings. The third-order valence-electron chi connectivity index (χ3n) is 1.97. The molecule has 0 fully saturated rings. The Morgan fingerprint density at radius 2 is 2.00 bits per heavy atom. The summed E-state index contributed by atoms with van der Waals surface area (Å²) >= 11 is 5.65. The maximum Gasteiger partial charge on any atom is 0.405 e. The van der Waals surface area contributed by atoms with Gasteiger partial charge in [-0.3, -0.25) is 0 Å². The monoisotopic (exact) mass is 252 g/mol. The number of pyridine rings is 1. The van der Waals surface area contributed by atoms with Gasteiger partial charge in [-0.15, -0.1) is 0 Å². The molecule has 0 spiro atoms. The molecule has 0 radical (unpaired) electrons. The van der Waals surface area contributed by atoms with Gasteiger partial charge in [-0.1, -0.05) is 17.7 Å². The summed E-state index contributed by atoms with van der Waals surface area (Å²) in [7, 11) is 0. The Balaban J connectivity index is 2.94. The highest BCUT2D eigenvalue weighted by atomic mass is 35.5. The molecule has 16 heavy (non-hydrogen) atoms. The van der Waals surface area contributed by atoms with Crippen LogP contribution in [0.5, 0.6) is 0 Å². The van der Waals surface area contributed by atoms with Crippen molar-refractivity contribution < 1.29 is 13.2 Å². The van der Waals surface area contributed by atoms with Crippen molar-refractivity contribution >= 4 is 17.4 Å². The number of aromatic nitrogens is 1. The second kappa shape index (κ2) is 4.91. The van der Waals surface area contributed by atoms with Crippen LogP contribution in [0.2, 0.25) is 5.15 Å². The first-order chi connectivity index (χ1) is 7.29. The fraction of sp³-hybridized carbons (Fsp3) is 0.500. The van der Waals surface area contributed by atoms with E-state index in [1.54, 1.807) is 19.9 Å². The molecule has 0 saturated carbocycles. The van der Waals surface area contributed by atoms with Crippen LogP contribution in [0.4, 0.5) is 19.0 Å². The molecule has 0 aliphatic carbocycles. The molecule has 0 atom stereocenters. The summed E-state index contributed by atoms with van der Waals surface area (Å²) in [5.41, 5.74) is 0. The van der Waals surface area contributed by atoms with Crippen LogP contribution in [0.15, 0.2) is 18.2 Å². The lowest BCUT2D eigenvalue weighted by atomic mass is 10.3. The van der Waals surface area contributed by atoms with Crippen molar-refractivity contribution in [1.29, 1.82) is 0 Å². The Kier molecular flexibility index (Phi) is 4.02. The van der Waals surface area contributed by atoms with Gasteiger partial charge in [0.05, 0.1) is 0 Å². The van der Waals surface area contributed by atoms with Gasteiger partial charge in [0.1, 0.15) is 17.5 Å². The van der Waals surface area contributed by atoms with Gasteiger partial charge in [0, 0.05) is 6.04 Å². The van der Waals surface area contributed by atoms with Crippen LogP contribution in [0.1, 0.15) is 13.8 Å². The number of alkyl halides is 3. The summed E-state index contributed by atoms with van der Waals surface area (Å²) in [4.78, 5) is 5.03. The summed E-state index contributed by atoms with van der Waals surface area (Å²) in [5.74, 6) is 0.236. The summed E-state index contributed by atoms with van der Waals surface area (Å²) < 4.78 is 37.0. The molecule has 0 aliphatic rings. The minimum atomic E-state index is -4.26. The van der Waals surface area contributed by atoms with E-state index in [0.29, 0.717) is 0 Å². The topological polar surface area (TPSA) is 16.1 Å². The van der Waals surface area contributed by atoms with Crippen molar-refractivity contribution in [3.05, 3.63) is 23.4 Å². The highest BCUT2D eigenvalue weighted by Crippen LogP contribution is 2.23. The van der Waals surface area contributed by atoms with E-state index in [9.17, 15) is 13.2 Å². The third kappa shape index (κ3) is 3.89. The van der Waals surface area contributed by atoms with Crippen LogP contribution in [0.25, 0.3) is 0 Å². The summed E-state index contributed by atoms with van der Waals surface area (Å²) in [6, 6.07) is 4.32. The van der Waals surface area contributed by atoms with E-state index in [4.69, 9.17) is 11.6 Å². The van der Waals surface area contributed by atoms with Crippen LogP contribution in [-0.4, -0.2) is 23.7 Å². The number of nitrogens with zero attached hydrogens (tertiary/aromatic N) is 2.